The van der Waals surface area contributed by atoms with Gasteiger partial charge in [-0.1, -0.05) is 0 Å². The molecule has 2 rings (SSSR count). The minimum absolute atomic E-state index is 0.170. The summed E-state index contributed by atoms with van der Waals surface area (Å²) in [6.07, 6.45) is 0. The van der Waals surface area contributed by atoms with Gasteiger partial charge in [-0.15, -0.1) is 0 Å². The Morgan fingerprint density at radius 3 is 2.50 bits per heavy atom. The van der Waals surface area contributed by atoms with E-state index in [-0.39, 0.29) is 11.6 Å². The van der Waals surface area contributed by atoms with Gasteiger partial charge in [-0.2, -0.15) is 0 Å². The molecule has 0 fully saturated rings. The Morgan fingerprint density at radius 2 is 1.83 bits per heavy atom. The van der Waals surface area contributed by atoms with E-state index in [1.165, 1.54) is 24.1 Å². The van der Waals surface area contributed by atoms with Gasteiger partial charge in [-0.05, 0) is 54.4 Å². The molecule has 18 heavy (non-hydrogen) atoms. The summed E-state index contributed by atoms with van der Waals surface area (Å²) in [5.74, 6) is -0.0945. The zero-order chi connectivity index (χ0) is 13.0. The van der Waals surface area contributed by atoms with Crippen LogP contribution in [0, 0.1) is 5.82 Å². The van der Waals surface area contributed by atoms with E-state index < -0.39 is 0 Å². The number of rotatable bonds is 4. The van der Waals surface area contributed by atoms with Crippen LogP contribution in [0.4, 0.5) is 15.8 Å². The number of nitrogens with one attached hydrogen (secondary N) is 2. The van der Waals surface area contributed by atoms with Crippen molar-refractivity contribution in [1.29, 1.82) is 0 Å². The molecule has 0 spiro atoms. The normalized spacial score (nSPS) is 10.1. The van der Waals surface area contributed by atoms with Crippen LogP contribution in [0.5, 0.6) is 5.75 Å². The quantitative estimate of drug-likeness (QED) is 0.447. The fourth-order valence-electron chi connectivity index (χ4n) is 1.39. The highest BCUT2D eigenvalue weighted by molar-refractivity contribution is 8.00. The highest BCUT2D eigenvalue weighted by atomic mass is 32.2. The first-order chi connectivity index (χ1) is 8.69. The second-order valence-corrected chi connectivity index (χ2v) is 4.52. The van der Waals surface area contributed by atoms with Gasteiger partial charge in [0.05, 0.1) is 5.69 Å². The van der Waals surface area contributed by atoms with Crippen molar-refractivity contribution < 1.29 is 9.50 Å². The molecule has 2 aromatic carbocycles. The lowest BCUT2D eigenvalue weighted by molar-refractivity contribution is 0.478. The zero-order valence-electron chi connectivity index (χ0n) is 9.77. The number of hydrogen-bond donors (Lipinski definition) is 3. The van der Waals surface area contributed by atoms with E-state index in [1.807, 2.05) is 7.05 Å². The van der Waals surface area contributed by atoms with Crippen molar-refractivity contribution in [2.24, 2.45) is 0 Å². The topological polar surface area (TPSA) is 44.3 Å². The molecule has 0 amide bonds. The lowest BCUT2D eigenvalue weighted by Crippen LogP contribution is -1.91. The van der Waals surface area contributed by atoms with E-state index in [9.17, 15) is 9.50 Å². The molecule has 2 aromatic rings. The van der Waals surface area contributed by atoms with Crippen molar-refractivity contribution >= 4 is 23.3 Å². The Balaban J connectivity index is 2.07. The van der Waals surface area contributed by atoms with Gasteiger partial charge < -0.3 is 15.1 Å². The second-order valence-electron chi connectivity index (χ2n) is 3.64. The largest absolute Gasteiger partial charge is 0.506 e. The average molecular weight is 264 g/mol. The van der Waals surface area contributed by atoms with Crippen LogP contribution >= 0.6 is 11.9 Å². The van der Waals surface area contributed by atoms with Crippen molar-refractivity contribution in [3.05, 3.63) is 48.3 Å². The number of anilines is 2. The van der Waals surface area contributed by atoms with Crippen molar-refractivity contribution in [2.45, 2.75) is 4.90 Å². The van der Waals surface area contributed by atoms with Crippen LogP contribution in [-0.2, 0) is 0 Å². The van der Waals surface area contributed by atoms with Crippen LogP contribution < -0.4 is 10.0 Å². The van der Waals surface area contributed by atoms with Gasteiger partial charge in [-0.25, -0.2) is 4.39 Å². The van der Waals surface area contributed by atoms with Gasteiger partial charge in [0.15, 0.2) is 0 Å². The second kappa shape index (κ2) is 5.64. The molecule has 0 aliphatic rings. The summed E-state index contributed by atoms with van der Waals surface area (Å²) >= 11 is 1.31. The van der Waals surface area contributed by atoms with Gasteiger partial charge in [0.2, 0.25) is 0 Å². The first-order valence-corrected chi connectivity index (χ1v) is 6.20. The fourth-order valence-corrected chi connectivity index (χ4v) is 2.05. The Kier molecular flexibility index (Phi) is 3.94. The fraction of sp³-hybridized carbons (Fsp3) is 0.0769. The van der Waals surface area contributed by atoms with Gasteiger partial charge in [0, 0.05) is 17.6 Å². The van der Waals surface area contributed by atoms with Crippen LogP contribution in [-0.4, -0.2) is 12.2 Å². The van der Waals surface area contributed by atoms with Crippen LogP contribution in [0.2, 0.25) is 0 Å². The maximum Gasteiger partial charge on any atom is 0.139 e. The summed E-state index contributed by atoms with van der Waals surface area (Å²) in [7, 11) is 1.81. The first kappa shape index (κ1) is 12.6. The summed E-state index contributed by atoms with van der Waals surface area (Å²) < 4.78 is 15.8. The number of phenolic OH excluding ortho intramolecular Hbond substituents is 1. The van der Waals surface area contributed by atoms with Gasteiger partial charge >= 0.3 is 0 Å². The SMILES string of the molecule is CNc1ccc(O)c(NSc2ccc(F)cc2)c1. The van der Waals surface area contributed by atoms with E-state index in [4.69, 9.17) is 0 Å². The molecule has 5 heteroatoms. The highest BCUT2D eigenvalue weighted by Gasteiger charge is 2.02. The highest BCUT2D eigenvalue weighted by Crippen LogP contribution is 2.30. The molecule has 0 saturated heterocycles. The molecule has 0 radical (unpaired) electrons. The maximum atomic E-state index is 12.7. The molecule has 0 saturated carbocycles. The van der Waals surface area contributed by atoms with E-state index >= 15 is 0 Å². The number of hydrogen-bond acceptors (Lipinski definition) is 4. The maximum absolute atomic E-state index is 12.7. The standard InChI is InChI=1S/C13H13FN2OS/c1-15-10-4-7-13(17)12(8-10)16-18-11-5-2-9(14)3-6-11/h2-8,15-17H,1H3. The summed E-state index contributed by atoms with van der Waals surface area (Å²) in [4.78, 5) is 0.866. The van der Waals surface area contributed by atoms with Crippen LogP contribution in [0.15, 0.2) is 47.4 Å². The third kappa shape index (κ3) is 3.07. The summed E-state index contributed by atoms with van der Waals surface area (Å²) in [5, 5.41) is 12.7. The van der Waals surface area contributed by atoms with Crippen LogP contribution in [0.25, 0.3) is 0 Å². The van der Waals surface area contributed by atoms with Gasteiger partial charge in [-0.3, -0.25) is 0 Å². The minimum Gasteiger partial charge on any atom is -0.506 e. The third-order valence-corrected chi connectivity index (χ3v) is 3.21. The van der Waals surface area contributed by atoms with E-state index in [0.717, 1.165) is 10.6 Å². The number of halogens is 1. The Morgan fingerprint density at radius 1 is 1.11 bits per heavy atom. The van der Waals surface area contributed by atoms with Crippen LogP contribution in [0.1, 0.15) is 0 Å². The molecule has 0 aliphatic heterocycles. The average Bonchev–Trinajstić information content (AvgIpc) is 2.40. The van der Waals surface area contributed by atoms with Crippen molar-refractivity contribution in [3.8, 4) is 5.75 Å². The molecule has 0 aromatic heterocycles. The molecule has 0 unspecified atom stereocenters. The van der Waals surface area contributed by atoms with Crippen molar-refractivity contribution in [3.63, 3.8) is 0 Å². The number of benzene rings is 2. The smallest absolute Gasteiger partial charge is 0.139 e. The Labute approximate surface area is 109 Å². The van der Waals surface area contributed by atoms with Crippen LogP contribution in [0.3, 0.4) is 0 Å². The molecule has 0 bridgehead atoms. The molecular weight excluding hydrogens is 251 g/mol. The van der Waals surface area contributed by atoms with E-state index in [0.29, 0.717) is 5.69 Å². The van der Waals surface area contributed by atoms with E-state index in [1.54, 1.807) is 30.3 Å². The predicted molar refractivity (Wildman–Crippen MR) is 73.5 cm³/mol. The first-order valence-electron chi connectivity index (χ1n) is 5.38. The zero-order valence-corrected chi connectivity index (χ0v) is 10.6. The van der Waals surface area contributed by atoms with E-state index in [2.05, 4.69) is 10.0 Å². The molecule has 0 heterocycles. The summed E-state index contributed by atoms with van der Waals surface area (Å²) in [5.41, 5.74) is 1.51. The van der Waals surface area contributed by atoms with Gasteiger partial charge in [0.1, 0.15) is 11.6 Å². The summed E-state index contributed by atoms with van der Waals surface area (Å²) in [6.45, 7) is 0. The number of aromatic hydroxyl groups is 1. The molecule has 3 N–H and O–H groups in total. The summed E-state index contributed by atoms with van der Waals surface area (Å²) in [6, 6.07) is 11.3. The Hall–Kier alpha value is -1.88. The third-order valence-electron chi connectivity index (χ3n) is 2.38. The minimum atomic E-state index is -0.264. The van der Waals surface area contributed by atoms with Crippen molar-refractivity contribution in [2.75, 3.05) is 17.1 Å². The molecular formula is C13H13FN2OS. The lowest BCUT2D eigenvalue weighted by atomic mass is 10.2. The van der Waals surface area contributed by atoms with Crippen molar-refractivity contribution in [1.82, 2.24) is 0 Å². The molecule has 94 valence electrons. The molecule has 0 aliphatic carbocycles. The van der Waals surface area contributed by atoms with Gasteiger partial charge in [0.25, 0.3) is 0 Å². The Bertz CT molecular complexity index is 531. The number of phenols is 1. The molecule has 0 atom stereocenters. The molecule has 3 nitrogen and oxygen atoms in total. The lowest BCUT2D eigenvalue weighted by Gasteiger charge is -2.09. The monoisotopic (exact) mass is 264 g/mol. The predicted octanol–water partition coefficient (Wildman–Crippen LogP) is 3.69.